The number of furan rings is 1. The molecule has 1 unspecified atom stereocenters. The minimum absolute atomic E-state index is 0.0756. The lowest BCUT2D eigenvalue weighted by Crippen LogP contribution is -2.39. The van der Waals surface area contributed by atoms with Gasteiger partial charge in [0.1, 0.15) is 17.4 Å². The monoisotopic (exact) mass is 341 g/mol. The van der Waals surface area contributed by atoms with Crippen LogP contribution in [0, 0.1) is 5.82 Å². The van der Waals surface area contributed by atoms with Crippen LogP contribution in [0.3, 0.4) is 0 Å². The number of likely N-dealkylation sites (tertiary alicyclic amines) is 1. The van der Waals surface area contributed by atoms with E-state index in [4.69, 9.17) is 4.42 Å². The van der Waals surface area contributed by atoms with Gasteiger partial charge in [0.25, 0.3) is 0 Å². The molecule has 3 heterocycles. The van der Waals surface area contributed by atoms with Crippen molar-refractivity contribution in [2.45, 2.75) is 38.1 Å². The first kappa shape index (κ1) is 15.9. The number of hydrogen-bond donors (Lipinski definition) is 1. The van der Waals surface area contributed by atoms with E-state index in [9.17, 15) is 9.18 Å². The Balaban J connectivity index is 1.54. The summed E-state index contributed by atoms with van der Waals surface area (Å²) in [6.45, 7) is 0.729. The van der Waals surface area contributed by atoms with Crippen molar-refractivity contribution in [1.29, 1.82) is 0 Å². The Morgan fingerprint density at radius 3 is 3.12 bits per heavy atom. The summed E-state index contributed by atoms with van der Waals surface area (Å²) in [5.74, 6) is 1.37. The number of piperidine rings is 1. The number of carbonyl (C=O) groups is 1. The number of halogens is 1. The number of H-pyrrole nitrogens is 1. The predicted octanol–water partition coefficient (Wildman–Crippen LogP) is 3.98. The first-order valence-electron chi connectivity index (χ1n) is 8.68. The third-order valence-electron chi connectivity index (χ3n) is 4.77. The van der Waals surface area contributed by atoms with Gasteiger partial charge in [0, 0.05) is 19.4 Å². The van der Waals surface area contributed by atoms with E-state index in [0.29, 0.717) is 18.4 Å². The number of hydrogen-bond acceptors (Lipinski definition) is 3. The van der Waals surface area contributed by atoms with Crippen LogP contribution >= 0.6 is 0 Å². The van der Waals surface area contributed by atoms with Crippen LogP contribution in [0.25, 0.3) is 11.0 Å². The molecule has 0 spiro atoms. The average Bonchev–Trinajstić information content (AvgIpc) is 3.28. The van der Waals surface area contributed by atoms with Crippen molar-refractivity contribution < 1.29 is 13.6 Å². The van der Waals surface area contributed by atoms with Crippen LogP contribution in [0.15, 0.2) is 41.0 Å². The molecule has 2 aromatic heterocycles. The minimum atomic E-state index is -0.294. The maximum atomic E-state index is 13.4. The molecule has 0 bridgehead atoms. The second-order valence-corrected chi connectivity index (χ2v) is 6.46. The number of benzene rings is 1. The number of aryl methyl sites for hydroxylation is 1. The van der Waals surface area contributed by atoms with Gasteiger partial charge in [0.05, 0.1) is 23.3 Å². The lowest BCUT2D eigenvalue weighted by Gasteiger charge is -2.34. The van der Waals surface area contributed by atoms with Crippen LogP contribution in [0.5, 0.6) is 0 Å². The Morgan fingerprint density at radius 2 is 2.28 bits per heavy atom. The molecule has 1 aromatic carbocycles. The second kappa shape index (κ2) is 6.70. The molecule has 0 saturated carbocycles. The van der Waals surface area contributed by atoms with Gasteiger partial charge in [0.15, 0.2) is 0 Å². The van der Waals surface area contributed by atoms with Crippen LogP contribution in [0.4, 0.5) is 4.39 Å². The van der Waals surface area contributed by atoms with E-state index < -0.39 is 0 Å². The van der Waals surface area contributed by atoms with E-state index in [1.807, 2.05) is 17.0 Å². The number of rotatable bonds is 4. The van der Waals surface area contributed by atoms with E-state index in [1.165, 1.54) is 12.1 Å². The molecule has 6 heteroatoms. The van der Waals surface area contributed by atoms with Gasteiger partial charge >= 0.3 is 0 Å². The fourth-order valence-electron chi connectivity index (χ4n) is 3.50. The second-order valence-electron chi connectivity index (χ2n) is 6.46. The fraction of sp³-hybridized carbons (Fsp3) is 0.368. The van der Waals surface area contributed by atoms with Gasteiger partial charge in [0.2, 0.25) is 5.91 Å². The molecule has 4 rings (SSSR count). The number of imidazole rings is 1. The molecule has 0 radical (unpaired) electrons. The van der Waals surface area contributed by atoms with E-state index in [0.717, 1.165) is 42.9 Å². The summed E-state index contributed by atoms with van der Waals surface area (Å²) in [6, 6.07) is 8.15. The van der Waals surface area contributed by atoms with Crippen molar-refractivity contribution in [1.82, 2.24) is 14.9 Å². The maximum Gasteiger partial charge on any atom is 0.223 e. The van der Waals surface area contributed by atoms with E-state index in [-0.39, 0.29) is 17.8 Å². The van der Waals surface area contributed by atoms with Crippen molar-refractivity contribution in [3.63, 3.8) is 0 Å². The van der Waals surface area contributed by atoms with Gasteiger partial charge < -0.3 is 14.3 Å². The number of nitrogens with one attached hydrogen (secondary N) is 1. The molecule has 25 heavy (non-hydrogen) atoms. The van der Waals surface area contributed by atoms with Gasteiger partial charge in [-0.05, 0) is 49.6 Å². The molecule has 1 atom stereocenters. The lowest BCUT2D eigenvalue weighted by atomic mass is 10.0. The molecule has 1 aliphatic rings. The van der Waals surface area contributed by atoms with Gasteiger partial charge in [-0.15, -0.1) is 0 Å². The highest BCUT2D eigenvalue weighted by Gasteiger charge is 2.30. The van der Waals surface area contributed by atoms with Crippen molar-refractivity contribution in [3.05, 3.63) is 54.0 Å². The molecule has 1 amide bonds. The third-order valence-corrected chi connectivity index (χ3v) is 4.77. The van der Waals surface area contributed by atoms with Crippen molar-refractivity contribution in [2.24, 2.45) is 0 Å². The molecule has 130 valence electrons. The van der Waals surface area contributed by atoms with Gasteiger partial charge in [-0.25, -0.2) is 9.37 Å². The van der Waals surface area contributed by atoms with Crippen LogP contribution < -0.4 is 0 Å². The molecule has 5 nitrogen and oxygen atoms in total. The number of amides is 1. The topological polar surface area (TPSA) is 62.1 Å². The number of nitrogens with zero attached hydrogens (tertiary/aromatic N) is 2. The van der Waals surface area contributed by atoms with Crippen LogP contribution in [-0.2, 0) is 11.2 Å². The third kappa shape index (κ3) is 3.29. The average molecular weight is 341 g/mol. The molecule has 1 N–H and O–H groups in total. The quantitative estimate of drug-likeness (QED) is 0.781. The molecule has 1 fully saturated rings. The summed E-state index contributed by atoms with van der Waals surface area (Å²) in [4.78, 5) is 22.4. The molecule has 1 saturated heterocycles. The number of carbonyl (C=O) groups excluding carboxylic acids is 1. The van der Waals surface area contributed by atoms with Crippen LogP contribution in [0.1, 0.15) is 43.3 Å². The van der Waals surface area contributed by atoms with E-state index >= 15 is 0 Å². The zero-order chi connectivity index (χ0) is 17.2. The van der Waals surface area contributed by atoms with Gasteiger partial charge in [-0.1, -0.05) is 0 Å². The summed E-state index contributed by atoms with van der Waals surface area (Å²) < 4.78 is 18.7. The minimum Gasteiger partial charge on any atom is -0.469 e. The zero-order valence-corrected chi connectivity index (χ0v) is 13.9. The standard InChI is InChI=1S/C19H20FN3O2/c20-13-6-8-15-16(12-13)22-19(21-15)17-5-1-2-10-23(17)18(24)9-7-14-4-3-11-25-14/h3-4,6,8,11-12,17H,1-2,5,7,9-10H2,(H,21,22). The Labute approximate surface area is 144 Å². The molecular formula is C19H20FN3O2. The molecule has 0 aliphatic carbocycles. The van der Waals surface area contributed by atoms with Crippen molar-refractivity contribution in [2.75, 3.05) is 6.54 Å². The van der Waals surface area contributed by atoms with Crippen molar-refractivity contribution in [3.8, 4) is 0 Å². The Hall–Kier alpha value is -2.63. The smallest absolute Gasteiger partial charge is 0.223 e. The fourth-order valence-corrected chi connectivity index (χ4v) is 3.50. The SMILES string of the molecule is O=C(CCc1ccco1)N1CCCCC1c1nc2ccc(F)cc2[nH]1. The highest BCUT2D eigenvalue weighted by Crippen LogP contribution is 2.31. The highest BCUT2D eigenvalue weighted by molar-refractivity contribution is 5.78. The number of aromatic amines is 1. The summed E-state index contributed by atoms with van der Waals surface area (Å²) in [6.07, 6.45) is 5.56. The Morgan fingerprint density at radius 1 is 1.36 bits per heavy atom. The summed E-state index contributed by atoms with van der Waals surface area (Å²) in [5.41, 5.74) is 1.40. The Kier molecular flexibility index (Phi) is 4.26. The van der Waals surface area contributed by atoms with E-state index in [2.05, 4.69) is 9.97 Å². The predicted molar refractivity (Wildman–Crippen MR) is 91.4 cm³/mol. The van der Waals surface area contributed by atoms with Gasteiger partial charge in [-0.2, -0.15) is 0 Å². The maximum absolute atomic E-state index is 13.4. The van der Waals surface area contributed by atoms with Gasteiger partial charge in [-0.3, -0.25) is 4.79 Å². The first-order valence-corrected chi connectivity index (χ1v) is 8.68. The first-order chi connectivity index (χ1) is 12.2. The number of fused-ring (bicyclic) bond motifs is 1. The highest BCUT2D eigenvalue weighted by atomic mass is 19.1. The van der Waals surface area contributed by atoms with Crippen LogP contribution in [0.2, 0.25) is 0 Å². The Bertz CT molecular complexity index is 872. The largest absolute Gasteiger partial charge is 0.469 e. The number of aromatic nitrogens is 2. The summed E-state index contributed by atoms with van der Waals surface area (Å²) in [7, 11) is 0. The molecule has 3 aromatic rings. The zero-order valence-electron chi connectivity index (χ0n) is 13.9. The molecule has 1 aliphatic heterocycles. The van der Waals surface area contributed by atoms with Crippen molar-refractivity contribution >= 4 is 16.9 Å². The van der Waals surface area contributed by atoms with Crippen LogP contribution in [-0.4, -0.2) is 27.3 Å². The summed E-state index contributed by atoms with van der Waals surface area (Å²) >= 11 is 0. The molecular weight excluding hydrogens is 321 g/mol. The normalized spacial score (nSPS) is 18.0. The summed E-state index contributed by atoms with van der Waals surface area (Å²) in [5, 5.41) is 0. The van der Waals surface area contributed by atoms with E-state index in [1.54, 1.807) is 12.3 Å². The lowest BCUT2D eigenvalue weighted by molar-refractivity contribution is -0.135.